The average molecular weight is 272 g/mol. The van der Waals surface area contributed by atoms with Crippen LogP contribution >= 0.6 is 0 Å². The van der Waals surface area contributed by atoms with E-state index in [0.717, 1.165) is 0 Å². The Kier molecular flexibility index (Phi) is 10.7. The van der Waals surface area contributed by atoms with Gasteiger partial charge in [-0.25, -0.2) is 0 Å². The summed E-state index contributed by atoms with van der Waals surface area (Å²) in [4.78, 5) is 0. The van der Waals surface area contributed by atoms with Crippen LogP contribution < -0.4 is 0 Å². The molecule has 0 aliphatic rings. The van der Waals surface area contributed by atoms with Gasteiger partial charge in [0.25, 0.3) is 0 Å². The molecule has 0 aliphatic heterocycles. The molecular weight excluding hydrogens is 248 g/mol. The van der Waals surface area contributed by atoms with Gasteiger partial charge in [-0.2, -0.15) is 0 Å². The third-order valence-corrected chi connectivity index (χ3v) is 4.67. The van der Waals surface area contributed by atoms with E-state index in [0.29, 0.717) is 20.5 Å². The van der Waals surface area contributed by atoms with E-state index in [1.165, 1.54) is 0 Å². The summed E-state index contributed by atoms with van der Waals surface area (Å²) in [6, 6.07) is 0. The van der Waals surface area contributed by atoms with Gasteiger partial charge in [-0.15, -0.1) is 0 Å². The van der Waals surface area contributed by atoms with Gasteiger partial charge in [0.15, 0.2) is 0 Å². The highest BCUT2D eigenvalue weighted by molar-refractivity contribution is 6.12. The third kappa shape index (κ3) is 7.46. The number of methoxy groups -OCH3 is 6. The molecule has 0 heterocycles. The second-order valence-corrected chi connectivity index (χ2v) is 5.40. The molecule has 0 saturated heterocycles. The van der Waals surface area contributed by atoms with Gasteiger partial charge in [-0.3, -0.25) is 0 Å². The minimum absolute atomic E-state index is 0.704. The first-order valence-corrected chi connectivity index (χ1v) is 6.67. The predicted molar refractivity (Wildman–Crippen MR) is 67.4 cm³/mol. The number of hydrogen-bond acceptors (Lipinski definition) is 6. The largest absolute Gasteiger partial charge is 0.336 e. The molecule has 100 valence electrons. The fraction of sp³-hybridized carbons (Fsp3) is 1.00. The molecule has 6 nitrogen and oxygen atoms in total. The van der Waals surface area contributed by atoms with Crippen LogP contribution in [0.2, 0.25) is 0 Å². The molecule has 0 fully saturated rings. The summed E-state index contributed by atoms with van der Waals surface area (Å²) in [7, 11) is 10.7. The van der Waals surface area contributed by atoms with Crippen molar-refractivity contribution in [1.82, 2.24) is 0 Å². The minimum atomic E-state index is -0.736. The maximum atomic E-state index is 4.85. The fourth-order valence-electron chi connectivity index (χ4n) is 0.500. The summed E-state index contributed by atoms with van der Waals surface area (Å²) in [6.45, 7) is 0. The summed E-state index contributed by atoms with van der Waals surface area (Å²) in [6.07, 6.45) is 0. The molecule has 0 unspecified atom stereocenters. The first kappa shape index (κ1) is 18.6. The quantitative estimate of drug-likeness (QED) is 0.404. The molecule has 0 aromatic rings. The van der Waals surface area contributed by atoms with Gasteiger partial charge in [0.05, 0.1) is 0 Å². The van der Waals surface area contributed by atoms with Gasteiger partial charge in [0, 0.05) is 42.7 Å². The molecule has 0 bridgehead atoms. The highest BCUT2D eigenvalue weighted by atomic mass is 28.2. The summed E-state index contributed by atoms with van der Waals surface area (Å²) in [5.41, 5.74) is -1.47. The van der Waals surface area contributed by atoms with Crippen LogP contribution in [0.4, 0.5) is 0 Å². The molecule has 8 heteroatoms. The van der Waals surface area contributed by atoms with Crippen molar-refractivity contribution in [3.63, 3.8) is 0 Å². The van der Waals surface area contributed by atoms with Crippen LogP contribution in [0.15, 0.2) is 0 Å². The second-order valence-electron chi connectivity index (χ2n) is 2.95. The monoisotopic (exact) mass is 272 g/mol. The van der Waals surface area contributed by atoms with Crippen molar-refractivity contribution >= 4 is 20.5 Å². The summed E-state index contributed by atoms with van der Waals surface area (Å²) in [5, 5.41) is 0. The summed E-state index contributed by atoms with van der Waals surface area (Å²) < 4.78 is 29.1. The lowest BCUT2D eigenvalue weighted by Gasteiger charge is -2.23. The highest BCUT2D eigenvalue weighted by Gasteiger charge is 2.20. The number of hydrogen-bond donors (Lipinski definition) is 0. The standard InChI is InChI=1S/2C4H12O3Si/c2*1-5-4(8,6-2)7-3/h2*1-3,8H3. The summed E-state index contributed by atoms with van der Waals surface area (Å²) >= 11 is 0. The van der Waals surface area contributed by atoms with E-state index in [1.807, 2.05) is 0 Å². The van der Waals surface area contributed by atoms with Gasteiger partial charge in [-0.05, 0) is 0 Å². The molecule has 0 aliphatic carbocycles. The molecular formula is C8H24O6Si2. The maximum Gasteiger partial charge on any atom is 0.244 e. The average Bonchev–Trinajstić information content (AvgIpc) is 2.37. The van der Waals surface area contributed by atoms with E-state index in [4.69, 9.17) is 28.4 Å². The van der Waals surface area contributed by atoms with Gasteiger partial charge < -0.3 is 28.4 Å². The normalized spacial score (nSPS) is 12.4. The highest BCUT2D eigenvalue weighted by Crippen LogP contribution is 2.04. The molecule has 0 atom stereocenters. The fourth-order valence-corrected chi connectivity index (χ4v) is 0.500. The van der Waals surface area contributed by atoms with E-state index in [-0.39, 0.29) is 0 Å². The SMILES string of the molecule is COC([SiH3])(OC)OC.COC([SiH3])(OC)OC. The Labute approximate surface area is 103 Å². The summed E-state index contributed by atoms with van der Waals surface area (Å²) in [5.74, 6) is 0. The molecule has 0 aromatic heterocycles. The second kappa shape index (κ2) is 9.25. The van der Waals surface area contributed by atoms with Crippen LogP contribution in [-0.4, -0.2) is 74.3 Å². The Balaban J connectivity index is 0. The van der Waals surface area contributed by atoms with Gasteiger partial charge in [-0.1, -0.05) is 0 Å². The first-order valence-electron chi connectivity index (χ1n) is 4.67. The van der Waals surface area contributed by atoms with Crippen LogP contribution in [0.5, 0.6) is 0 Å². The lowest BCUT2D eigenvalue weighted by atomic mass is 11.1. The number of ether oxygens (including phenoxy) is 6. The smallest absolute Gasteiger partial charge is 0.244 e. The van der Waals surface area contributed by atoms with E-state index in [9.17, 15) is 0 Å². The first-order chi connectivity index (χ1) is 7.36. The molecule has 0 aromatic carbocycles. The zero-order valence-electron chi connectivity index (χ0n) is 11.4. The van der Waals surface area contributed by atoms with Crippen LogP contribution in [0, 0.1) is 0 Å². The lowest BCUT2D eigenvalue weighted by Crippen LogP contribution is -2.36. The Morgan fingerprint density at radius 1 is 0.500 bits per heavy atom. The van der Waals surface area contributed by atoms with Crippen molar-refractivity contribution in [2.45, 2.75) is 11.2 Å². The van der Waals surface area contributed by atoms with Gasteiger partial charge in [0.1, 0.15) is 20.5 Å². The van der Waals surface area contributed by atoms with E-state index < -0.39 is 11.2 Å². The molecule has 16 heavy (non-hydrogen) atoms. The zero-order chi connectivity index (χ0) is 13.2. The van der Waals surface area contributed by atoms with Crippen molar-refractivity contribution in [2.75, 3.05) is 42.7 Å². The molecule has 0 spiro atoms. The maximum absolute atomic E-state index is 4.85. The van der Waals surface area contributed by atoms with E-state index in [2.05, 4.69) is 0 Å². The topological polar surface area (TPSA) is 55.4 Å². The Morgan fingerprint density at radius 2 is 0.625 bits per heavy atom. The van der Waals surface area contributed by atoms with Gasteiger partial charge in [0.2, 0.25) is 11.2 Å². The van der Waals surface area contributed by atoms with Gasteiger partial charge >= 0.3 is 0 Å². The van der Waals surface area contributed by atoms with Crippen molar-refractivity contribution in [3.05, 3.63) is 0 Å². The predicted octanol–water partition coefficient (Wildman–Crippen LogP) is -2.20. The molecule has 0 amide bonds. The Bertz CT molecular complexity index is 126. The van der Waals surface area contributed by atoms with Crippen LogP contribution in [0.1, 0.15) is 0 Å². The van der Waals surface area contributed by atoms with E-state index in [1.54, 1.807) is 42.7 Å². The molecule has 0 N–H and O–H groups in total. The van der Waals surface area contributed by atoms with Crippen molar-refractivity contribution in [2.24, 2.45) is 0 Å². The van der Waals surface area contributed by atoms with Crippen LogP contribution in [0.3, 0.4) is 0 Å². The van der Waals surface area contributed by atoms with Crippen molar-refractivity contribution in [1.29, 1.82) is 0 Å². The number of rotatable bonds is 6. The zero-order valence-corrected chi connectivity index (χ0v) is 15.4. The molecule has 0 saturated carbocycles. The van der Waals surface area contributed by atoms with Crippen molar-refractivity contribution < 1.29 is 28.4 Å². The molecule has 0 radical (unpaired) electrons. The molecule has 0 rings (SSSR count). The van der Waals surface area contributed by atoms with Crippen LogP contribution in [-0.2, 0) is 28.4 Å². The van der Waals surface area contributed by atoms with Crippen molar-refractivity contribution in [3.8, 4) is 0 Å². The Morgan fingerprint density at radius 3 is 0.625 bits per heavy atom. The van der Waals surface area contributed by atoms with E-state index >= 15 is 0 Å². The lowest BCUT2D eigenvalue weighted by molar-refractivity contribution is -0.292. The third-order valence-electron chi connectivity index (χ3n) is 2.22. The minimum Gasteiger partial charge on any atom is -0.336 e. The Hall–Kier alpha value is 0.194. The van der Waals surface area contributed by atoms with Crippen LogP contribution in [0.25, 0.3) is 0 Å².